The molecule has 0 unspecified atom stereocenters. The maximum absolute atomic E-state index is 4.73. The fourth-order valence-electron chi connectivity index (χ4n) is 3.26. The Morgan fingerprint density at radius 1 is 0.692 bits per heavy atom. The lowest BCUT2D eigenvalue weighted by atomic mass is 10.0. The highest BCUT2D eigenvalue weighted by Gasteiger charge is 2.13. The summed E-state index contributed by atoms with van der Waals surface area (Å²) in [7, 11) is 0. The summed E-state index contributed by atoms with van der Waals surface area (Å²) in [6.07, 6.45) is 0. The van der Waals surface area contributed by atoms with Crippen molar-refractivity contribution in [1.82, 2.24) is 9.97 Å². The molecule has 0 radical (unpaired) electrons. The molecule has 0 atom stereocenters. The first kappa shape index (κ1) is 15.9. The van der Waals surface area contributed by atoms with Crippen LogP contribution in [0.1, 0.15) is 0 Å². The molecule has 2 aromatic heterocycles. The van der Waals surface area contributed by atoms with Crippen molar-refractivity contribution < 1.29 is 0 Å². The summed E-state index contributed by atoms with van der Waals surface area (Å²) in [5.74, 6) is 0. The van der Waals surface area contributed by atoms with E-state index in [0.29, 0.717) is 0 Å². The van der Waals surface area contributed by atoms with Gasteiger partial charge in [-0.1, -0.05) is 66.7 Å². The van der Waals surface area contributed by atoms with E-state index in [4.69, 9.17) is 4.98 Å². The van der Waals surface area contributed by atoms with Crippen molar-refractivity contribution in [3.05, 3.63) is 82.7 Å². The molecule has 2 heterocycles. The maximum atomic E-state index is 4.73. The number of benzene rings is 3. The van der Waals surface area contributed by atoms with Gasteiger partial charge in [0.25, 0.3) is 0 Å². The van der Waals surface area contributed by atoms with Crippen LogP contribution in [0.3, 0.4) is 0 Å². The zero-order chi connectivity index (χ0) is 17.5. The van der Waals surface area contributed by atoms with Gasteiger partial charge in [-0.05, 0) is 12.1 Å². The minimum Gasteiger partial charge on any atom is -0.223 e. The molecule has 0 aliphatic carbocycles. The number of hydrogen-bond donors (Lipinski definition) is 0. The molecule has 0 N–H and O–H groups in total. The highest BCUT2D eigenvalue weighted by atomic mass is 127. The van der Waals surface area contributed by atoms with E-state index in [-0.39, 0.29) is 0 Å². The SMILES string of the molecule is Ic1nc(-c2ccccc2)cc(-c2cccc3c2sc2ccccc23)n1. The fourth-order valence-corrected chi connectivity index (χ4v) is 5.01. The van der Waals surface area contributed by atoms with Crippen LogP contribution >= 0.6 is 33.9 Å². The molecule has 0 aliphatic rings. The molecule has 0 fully saturated rings. The van der Waals surface area contributed by atoms with Crippen molar-refractivity contribution in [2.45, 2.75) is 0 Å². The van der Waals surface area contributed by atoms with E-state index in [2.05, 4.69) is 88.2 Å². The summed E-state index contributed by atoms with van der Waals surface area (Å²) in [6, 6.07) is 27.4. The number of nitrogens with zero attached hydrogens (tertiary/aromatic N) is 2. The summed E-state index contributed by atoms with van der Waals surface area (Å²) >= 11 is 4.03. The Morgan fingerprint density at radius 2 is 1.42 bits per heavy atom. The van der Waals surface area contributed by atoms with Crippen molar-refractivity contribution in [2.75, 3.05) is 0 Å². The third-order valence-electron chi connectivity index (χ3n) is 4.45. The predicted octanol–water partition coefficient (Wildman–Crippen LogP) is 6.78. The van der Waals surface area contributed by atoms with E-state index in [1.807, 2.05) is 29.5 Å². The average molecular weight is 464 g/mol. The second kappa shape index (κ2) is 6.45. The van der Waals surface area contributed by atoms with Crippen molar-refractivity contribution in [3.8, 4) is 22.5 Å². The van der Waals surface area contributed by atoms with Gasteiger partial charge in [-0.2, -0.15) is 0 Å². The van der Waals surface area contributed by atoms with Gasteiger partial charge in [-0.25, -0.2) is 9.97 Å². The van der Waals surface area contributed by atoms with Gasteiger partial charge in [0.1, 0.15) is 0 Å². The Hall–Kier alpha value is -2.31. The van der Waals surface area contributed by atoms with E-state index in [9.17, 15) is 0 Å². The second-order valence-corrected chi connectivity index (χ2v) is 8.07. The molecule has 3 aromatic carbocycles. The summed E-state index contributed by atoms with van der Waals surface area (Å²) < 4.78 is 3.35. The first-order valence-corrected chi connectivity index (χ1v) is 10.2. The predicted molar refractivity (Wildman–Crippen MR) is 119 cm³/mol. The quantitative estimate of drug-likeness (QED) is 0.213. The Labute approximate surface area is 168 Å². The van der Waals surface area contributed by atoms with Crippen molar-refractivity contribution in [3.63, 3.8) is 0 Å². The first-order valence-electron chi connectivity index (χ1n) is 8.30. The number of thiophene rings is 1. The van der Waals surface area contributed by atoms with Gasteiger partial charge in [0.15, 0.2) is 3.83 Å². The normalized spacial score (nSPS) is 11.3. The van der Waals surface area contributed by atoms with E-state index >= 15 is 0 Å². The molecule has 0 saturated carbocycles. The van der Waals surface area contributed by atoms with E-state index < -0.39 is 0 Å². The topological polar surface area (TPSA) is 25.8 Å². The molecule has 4 heteroatoms. The molecule has 0 amide bonds. The molecule has 124 valence electrons. The van der Waals surface area contributed by atoms with Crippen LogP contribution in [0.4, 0.5) is 0 Å². The number of rotatable bonds is 2. The lowest BCUT2D eigenvalue weighted by molar-refractivity contribution is 1.12. The van der Waals surface area contributed by atoms with Crippen LogP contribution in [-0.4, -0.2) is 9.97 Å². The third-order valence-corrected chi connectivity index (χ3v) is 6.15. The monoisotopic (exact) mass is 464 g/mol. The lowest BCUT2D eigenvalue weighted by Gasteiger charge is -2.07. The molecule has 0 saturated heterocycles. The van der Waals surface area contributed by atoms with Crippen molar-refractivity contribution >= 4 is 54.1 Å². The Kier molecular flexibility index (Phi) is 3.94. The largest absolute Gasteiger partial charge is 0.223 e. The maximum Gasteiger partial charge on any atom is 0.191 e. The van der Waals surface area contributed by atoms with Crippen LogP contribution in [0.2, 0.25) is 0 Å². The molecule has 0 bridgehead atoms. The number of fused-ring (bicyclic) bond motifs is 3. The van der Waals surface area contributed by atoms with Gasteiger partial charge < -0.3 is 0 Å². The van der Waals surface area contributed by atoms with Gasteiger partial charge >= 0.3 is 0 Å². The smallest absolute Gasteiger partial charge is 0.191 e. The highest BCUT2D eigenvalue weighted by molar-refractivity contribution is 14.1. The van der Waals surface area contributed by atoms with E-state index in [1.54, 1.807) is 0 Å². The van der Waals surface area contributed by atoms with Crippen LogP contribution in [0.5, 0.6) is 0 Å². The van der Waals surface area contributed by atoms with Gasteiger partial charge in [0, 0.05) is 53.9 Å². The minimum atomic E-state index is 0.761. The zero-order valence-corrected chi connectivity index (χ0v) is 16.7. The summed E-state index contributed by atoms with van der Waals surface area (Å²) in [5.41, 5.74) is 4.21. The van der Waals surface area contributed by atoms with Crippen LogP contribution < -0.4 is 0 Å². The van der Waals surface area contributed by atoms with Gasteiger partial charge in [-0.3, -0.25) is 0 Å². The minimum absolute atomic E-state index is 0.761. The van der Waals surface area contributed by atoms with Gasteiger partial charge in [-0.15, -0.1) is 11.3 Å². The molecule has 2 nitrogen and oxygen atoms in total. The van der Waals surface area contributed by atoms with E-state index in [0.717, 1.165) is 20.8 Å². The standard InChI is InChI=1S/C22H13IN2S/c23-22-24-18(14-7-2-1-3-8-14)13-19(25-22)17-11-6-10-16-15-9-4-5-12-20(15)26-21(16)17/h1-13H. The average Bonchev–Trinajstić information content (AvgIpc) is 3.07. The van der Waals surface area contributed by atoms with Crippen LogP contribution in [0.25, 0.3) is 42.7 Å². The molecule has 0 spiro atoms. The first-order chi connectivity index (χ1) is 12.8. The van der Waals surface area contributed by atoms with E-state index in [1.165, 1.54) is 25.7 Å². The van der Waals surface area contributed by atoms with Crippen LogP contribution in [0.15, 0.2) is 78.9 Å². The van der Waals surface area contributed by atoms with Crippen LogP contribution in [0, 0.1) is 3.83 Å². The summed E-state index contributed by atoms with van der Waals surface area (Å²) in [6.45, 7) is 0. The number of halogens is 1. The molecule has 5 rings (SSSR count). The summed E-state index contributed by atoms with van der Waals surface area (Å²) in [4.78, 5) is 9.36. The number of hydrogen-bond acceptors (Lipinski definition) is 3. The number of aromatic nitrogens is 2. The Bertz CT molecular complexity index is 1250. The second-order valence-electron chi connectivity index (χ2n) is 6.05. The fraction of sp³-hybridized carbons (Fsp3) is 0. The van der Waals surface area contributed by atoms with Crippen molar-refractivity contribution in [1.29, 1.82) is 0 Å². The Morgan fingerprint density at radius 3 is 2.31 bits per heavy atom. The molecule has 26 heavy (non-hydrogen) atoms. The van der Waals surface area contributed by atoms with Gasteiger partial charge in [0.2, 0.25) is 0 Å². The molecular formula is C22H13IN2S. The zero-order valence-electron chi connectivity index (χ0n) is 13.7. The third kappa shape index (κ3) is 2.70. The van der Waals surface area contributed by atoms with Gasteiger partial charge in [0.05, 0.1) is 11.4 Å². The Balaban J connectivity index is 1.77. The lowest BCUT2D eigenvalue weighted by Crippen LogP contribution is -1.94. The molecular weight excluding hydrogens is 451 g/mol. The molecule has 5 aromatic rings. The summed E-state index contributed by atoms with van der Waals surface area (Å²) in [5, 5.41) is 2.60. The highest BCUT2D eigenvalue weighted by Crippen LogP contribution is 2.39. The molecule has 0 aliphatic heterocycles. The van der Waals surface area contributed by atoms with Crippen LogP contribution in [-0.2, 0) is 0 Å². The van der Waals surface area contributed by atoms with Crippen molar-refractivity contribution in [2.24, 2.45) is 0 Å².